The first-order valence-electron chi connectivity index (χ1n) is 5.48. The van der Waals surface area contributed by atoms with Gasteiger partial charge in [0.25, 0.3) is 0 Å². The van der Waals surface area contributed by atoms with Gasteiger partial charge in [0.05, 0.1) is 0 Å². The number of carbonyl (C=O) groups is 2. The molecule has 1 saturated heterocycles. The minimum absolute atomic E-state index is 0.0894. The predicted molar refractivity (Wildman–Crippen MR) is 63.7 cm³/mol. The van der Waals surface area contributed by atoms with E-state index in [0.29, 0.717) is 18.7 Å². The first-order valence-corrected chi connectivity index (χ1v) is 5.48. The van der Waals surface area contributed by atoms with Gasteiger partial charge in [-0.05, 0) is 26.3 Å². The summed E-state index contributed by atoms with van der Waals surface area (Å²) in [5.74, 6) is 0.114. The number of rotatable bonds is 4. The van der Waals surface area contributed by atoms with Crippen molar-refractivity contribution in [2.75, 3.05) is 19.6 Å². The quantitative estimate of drug-likeness (QED) is 0.464. The molecule has 5 nitrogen and oxygen atoms in total. The molecule has 16 heavy (non-hydrogen) atoms. The highest BCUT2D eigenvalue weighted by atomic mass is 16.2. The highest BCUT2D eigenvalue weighted by molar-refractivity contribution is 5.91. The zero-order chi connectivity index (χ0) is 12.4. The largest absolute Gasteiger partial charge is 0.356 e. The Morgan fingerprint density at radius 2 is 2.31 bits per heavy atom. The van der Waals surface area contributed by atoms with Crippen LogP contribution in [-0.2, 0) is 9.59 Å². The Labute approximate surface area is 96.5 Å². The van der Waals surface area contributed by atoms with E-state index in [-0.39, 0.29) is 11.8 Å². The van der Waals surface area contributed by atoms with Crippen molar-refractivity contribution in [1.29, 1.82) is 0 Å². The minimum Gasteiger partial charge on any atom is -0.356 e. The zero-order valence-corrected chi connectivity index (χ0v) is 9.84. The van der Waals surface area contributed by atoms with Crippen LogP contribution in [0.1, 0.15) is 26.2 Å². The summed E-state index contributed by atoms with van der Waals surface area (Å²) < 4.78 is 0. The summed E-state index contributed by atoms with van der Waals surface area (Å²) >= 11 is 0. The van der Waals surface area contributed by atoms with Crippen molar-refractivity contribution in [2.24, 2.45) is 5.73 Å². The molecule has 1 fully saturated rings. The van der Waals surface area contributed by atoms with Crippen LogP contribution in [0.5, 0.6) is 0 Å². The Bertz CT molecular complexity index is 244. The fourth-order valence-electron chi connectivity index (χ4n) is 1.02. The van der Waals surface area contributed by atoms with Gasteiger partial charge in [-0.3, -0.25) is 9.59 Å². The second-order valence-corrected chi connectivity index (χ2v) is 3.63. The van der Waals surface area contributed by atoms with Crippen molar-refractivity contribution in [1.82, 2.24) is 10.6 Å². The molecule has 0 atom stereocenters. The highest BCUT2D eigenvalue weighted by Crippen LogP contribution is 1.93. The molecule has 0 saturated carbocycles. The Balaban J connectivity index is 0.000000315. The maximum absolute atomic E-state index is 10.8. The summed E-state index contributed by atoms with van der Waals surface area (Å²) in [5, 5.41) is 5.35. The third-order valence-electron chi connectivity index (χ3n) is 1.96. The van der Waals surface area contributed by atoms with Crippen LogP contribution in [-0.4, -0.2) is 31.4 Å². The molecule has 0 radical (unpaired) electrons. The van der Waals surface area contributed by atoms with Crippen molar-refractivity contribution >= 4 is 11.8 Å². The fourth-order valence-corrected chi connectivity index (χ4v) is 1.02. The molecule has 2 amide bonds. The molecule has 0 aromatic carbocycles. The molecule has 0 aromatic rings. The lowest BCUT2D eigenvalue weighted by Crippen LogP contribution is -2.26. The van der Waals surface area contributed by atoms with Crippen molar-refractivity contribution in [2.45, 2.75) is 26.2 Å². The van der Waals surface area contributed by atoms with E-state index in [4.69, 9.17) is 5.73 Å². The van der Waals surface area contributed by atoms with Crippen molar-refractivity contribution in [3.63, 3.8) is 0 Å². The maximum atomic E-state index is 10.8. The topological polar surface area (TPSA) is 84.2 Å². The maximum Gasteiger partial charge on any atom is 0.246 e. The molecule has 1 aliphatic heterocycles. The number of amides is 2. The number of hydrogen-bond donors (Lipinski definition) is 3. The molecule has 0 aliphatic carbocycles. The molecule has 0 unspecified atom stereocenters. The summed E-state index contributed by atoms with van der Waals surface area (Å²) in [6, 6.07) is 0. The minimum atomic E-state index is -0.0894. The summed E-state index contributed by atoms with van der Waals surface area (Å²) in [7, 11) is 0. The number of nitrogens with one attached hydrogen (secondary N) is 2. The number of nitrogens with two attached hydrogens (primary N) is 1. The summed E-state index contributed by atoms with van der Waals surface area (Å²) in [5.41, 5.74) is 5.76. The lowest BCUT2D eigenvalue weighted by atomic mass is 10.3. The van der Waals surface area contributed by atoms with E-state index in [1.54, 1.807) is 6.92 Å². The van der Waals surface area contributed by atoms with Crippen LogP contribution in [0.2, 0.25) is 0 Å². The molecule has 4 N–H and O–H groups in total. The second kappa shape index (κ2) is 8.91. The van der Waals surface area contributed by atoms with Gasteiger partial charge in [-0.15, -0.1) is 0 Å². The monoisotopic (exact) mass is 227 g/mol. The standard InChI is InChI=1S/C7H14N2O.C4H7NO/c1-6(2)7(10)9-5-3-4-8;6-4-2-1-3-5-4/h1,3-5,8H2,2H3,(H,9,10);1-3H2,(H,5,6). The van der Waals surface area contributed by atoms with Gasteiger partial charge in [-0.25, -0.2) is 0 Å². The van der Waals surface area contributed by atoms with E-state index < -0.39 is 0 Å². The van der Waals surface area contributed by atoms with Crippen LogP contribution in [0.4, 0.5) is 0 Å². The van der Waals surface area contributed by atoms with Gasteiger partial charge < -0.3 is 16.4 Å². The van der Waals surface area contributed by atoms with Crippen LogP contribution >= 0.6 is 0 Å². The van der Waals surface area contributed by atoms with E-state index in [1.165, 1.54) is 0 Å². The lowest BCUT2D eigenvalue weighted by Gasteiger charge is -2.01. The van der Waals surface area contributed by atoms with Gasteiger partial charge in [-0.1, -0.05) is 6.58 Å². The summed E-state index contributed by atoms with van der Waals surface area (Å²) in [6.45, 7) is 7.31. The average Bonchev–Trinajstić information content (AvgIpc) is 2.70. The van der Waals surface area contributed by atoms with Gasteiger partial charge in [0.1, 0.15) is 0 Å². The van der Waals surface area contributed by atoms with Gasteiger partial charge in [0, 0.05) is 25.1 Å². The second-order valence-electron chi connectivity index (χ2n) is 3.63. The lowest BCUT2D eigenvalue weighted by molar-refractivity contribution is -0.119. The van der Waals surface area contributed by atoms with Gasteiger partial charge in [0.2, 0.25) is 11.8 Å². The number of hydrogen-bond acceptors (Lipinski definition) is 3. The molecule has 0 aromatic heterocycles. The first-order chi connectivity index (χ1) is 7.57. The third kappa shape index (κ3) is 7.99. The third-order valence-corrected chi connectivity index (χ3v) is 1.96. The van der Waals surface area contributed by atoms with E-state index in [9.17, 15) is 9.59 Å². The van der Waals surface area contributed by atoms with Crippen molar-refractivity contribution < 1.29 is 9.59 Å². The van der Waals surface area contributed by atoms with E-state index in [2.05, 4.69) is 17.2 Å². The fraction of sp³-hybridized carbons (Fsp3) is 0.636. The Hall–Kier alpha value is -1.36. The Morgan fingerprint density at radius 3 is 2.62 bits per heavy atom. The van der Waals surface area contributed by atoms with Crippen LogP contribution in [0.3, 0.4) is 0 Å². The molecular formula is C11H21N3O2. The molecular weight excluding hydrogens is 206 g/mol. The van der Waals surface area contributed by atoms with Crippen LogP contribution in [0.15, 0.2) is 12.2 Å². The van der Waals surface area contributed by atoms with Gasteiger partial charge in [-0.2, -0.15) is 0 Å². The van der Waals surface area contributed by atoms with Crippen LogP contribution in [0, 0.1) is 0 Å². The summed E-state index contributed by atoms with van der Waals surface area (Å²) in [6.07, 6.45) is 2.58. The smallest absolute Gasteiger partial charge is 0.246 e. The molecule has 0 spiro atoms. The SMILES string of the molecule is C=C(C)C(=O)NCCCN.O=C1CCCN1. The average molecular weight is 227 g/mol. The van der Waals surface area contributed by atoms with E-state index in [1.807, 2.05) is 0 Å². The van der Waals surface area contributed by atoms with Gasteiger partial charge in [0.15, 0.2) is 0 Å². The molecule has 5 heteroatoms. The highest BCUT2D eigenvalue weighted by Gasteiger charge is 2.05. The Kier molecular flexibility index (Phi) is 8.15. The summed E-state index contributed by atoms with van der Waals surface area (Å²) in [4.78, 5) is 20.9. The number of carbonyl (C=O) groups excluding carboxylic acids is 2. The van der Waals surface area contributed by atoms with Crippen molar-refractivity contribution in [3.8, 4) is 0 Å². The Morgan fingerprint density at radius 1 is 1.62 bits per heavy atom. The van der Waals surface area contributed by atoms with Crippen LogP contribution in [0.25, 0.3) is 0 Å². The molecule has 0 bridgehead atoms. The van der Waals surface area contributed by atoms with E-state index >= 15 is 0 Å². The van der Waals surface area contributed by atoms with E-state index in [0.717, 1.165) is 25.8 Å². The molecule has 1 aliphatic rings. The van der Waals surface area contributed by atoms with Crippen molar-refractivity contribution in [3.05, 3.63) is 12.2 Å². The van der Waals surface area contributed by atoms with Crippen LogP contribution < -0.4 is 16.4 Å². The molecule has 1 heterocycles. The normalized spacial score (nSPS) is 13.5. The first kappa shape index (κ1) is 14.6. The zero-order valence-electron chi connectivity index (χ0n) is 9.84. The van der Waals surface area contributed by atoms with Gasteiger partial charge >= 0.3 is 0 Å². The predicted octanol–water partition coefficient (Wildman–Crippen LogP) is -0.0761. The molecule has 1 rings (SSSR count). The molecule has 92 valence electrons.